The van der Waals surface area contributed by atoms with Gasteiger partial charge >= 0.3 is 0 Å². The van der Waals surface area contributed by atoms with E-state index in [1.165, 1.54) is 11.3 Å². The summed E-state index contributed by atoms with van der Waals surface area (Å²) in [5, 5.41) is 0. The molecule has 0 saturated carbocycles. The Morgan fingerprint density at radius 1 is 1.15 bits per heavy atom. The first kappa shape index (κ1) is 13.3. The average molecular weight is 271 g/mol. The summed E-state index contributed by atoms with van der Waals surface area (Å²) in [5.41, 5.74) is 3.68. The van der Waals surface area contributed by atoms with Crippen molar-refractivity contribution in [3.63, 3.8) is 0 Å². The summed E-state index contributed by atoms with van der Waals surface area (Å²) >= 11 is 0. The Hall–Kier alpha value is -1.68. The van der Waals surface area contributed by atoms with Gasteiger partial charge in [-0.2, -0.15) is 0 Å². The summed E-state index contributed by atoms with van der Waals surface area (Å²) in [5.74, 6) is 2.13. The number of aromatic nitrogens is 2. The molecule has 0 spiro atoms. The third kappa shape index (κ3) is 2.75. The van der Waals surface area contributed by atoms with E-state index in [9.17, 15) is 0 Å². The molecule has 0 unspecified atom stereocenters. The number of nitrogens with zero attached hydrogens (tertiary/aromatic N) is 3. The van der Waals surface area contributed by atoms with Crippen LogP contribution in [-0.4, -0.2) is 28.0 Å². The second-order valence-electron chi connectivity index (χ2n) is 5.38. The highest BCUT2D eigenvalue weighted by atomic mass is 16.3. The van der Waals surface area contributed by atoms with Gasteiger partial charge in [0.25, 0.3) is 0 Å². The van der Waals surface area contributed by atoms with Gasteiger partial charge in [0.05, 0.1) is 6.54 Å². The molecular formula is C16H21N3O. The zero-order valence-electron chi connectivity index (χ0n) is 12.2. The Morgan fingerprint density at radius 3 is 2.75 bits per heavy atom. The second-order valence-corrected chi connectivity index (χ2v) is 5.38. The van der Waals surface area contributed by atoms with Crippen molar-refractivity contribution in [2.75, 3.05) is 13.1 Å². The molecule has 1 aliphatic heterocycles. The van der Waals surface area contributed by atoms with E-state index in [0.29, 0.717) is 0 Å². The van der Waals surface area contributed by atoms with Gasteiger partial charge in [-0.05, 0) is 31.0 Å². The third-order valence-corrected chi connectivity index (χ3v) is 4.04. The van der Waals surface area contributed by atoms with E-state index in [1.807, 2.05) is 0 Å². The zero-order chi connectivity index (χ0) is 13.9. The number of hydrogen-bond donors (Lipinski definition) is 0. The van der Waals surface area contributed by atoms with E-state index < -0.39 is 0 Å². The molecule has 0 aromatic carbocycles. The largest absolute Gasteiger partial charge is 0.465 e. The van der Waals surface area contributed by atoms with Crippen molar-refractivity contribution in [1.82, 2.24) is 14.9 Å². The molecule has 0 N–H and O–H groups in total. The smallest absolute Gasteiger partial charge is 0.118 e. The molecule has 20 heavy (non-hydrogen) atoms. The third-order valence-electron chi connectivity index (χ3n) is 4.04. The number of furan rings is 1. The number of fused-ring (bicyclic) bond motifs is 1. The first-order valence-electron chi connectivity index (χ1n) is 7.35. The Bertz CT molecular complexity index is 591. The lowest BCUT2D eigenvalue weighted by atomic mass is 10.1. The van der Waals surface area contributed by atoms with Gasteiger partial charge in [0.1, 0.15) is 17.8 Å². The fraction of sp³-hybridized carbons (Fsp3) is 0.500. The molecule has 0 saturated heterocycles. The summed E-state index contributed by atoms with van der Waals surface area (Å²) in [4.78, 5) is 11.2. The van der Waals surface area contributed by atoms with Crippen LogP contribution in [0.5, 0.6) is 0 Å². The summed E-state index contributed by atoms with van der Waals surface area (Å²) in [6, 6.07) is 4.18. The molecule has 3 heterocycles. The molecule has 0 radical (unpaired) electrons. The summed E-state index contributed by atoms with van der Waals surface area (Å²) in [7, 11) is 0. The highest BCUT2D eigenvalue weighted by molar-refractivity contribution is 5.25. The van der Waals surface area contributed by atoms with Crippen molar-refractivity contribution in [2.45, 2.75) is 39.7 Å². The molecule has 2 aromatic heterocycles. The zero-order valence-corrected chi connectivity index (χ0v) is 12.2. The van der Waals surface area contributed by atoms with E-state index in [0.717, 1.165) is 56.1 Å². The summed E-state index contributed by atoms with van der Waals surface area (Å²) < 4.78 is 5.81. The lowest BCUT2D eigenvalue weighted by Gasteiger charge is -2.17. The van der Waals surface area contributed by atoms with Crippen LogP contribution in [0.15, 0.2) is 22.9 Å². The molecule has 4 nitrogen and oxygen atoms in total. The van der Waals surface area contributed by atoms with Crippen molar-refractivity contribution in [3.05, 3.63) is 46.9 Å². The maximum absolute atomic E-state index is 5.81. The number of aryl methyl sites for hydroxylation is 2. The molecule has 2 aromatic rings. The lowest BCUT2D eigenvalue weighted by molar-refractivity contribution is 0.252. The molecule has 3 rings (SSSR count). The SMILES string of the molecule is CCc1ccc(CN2CCc3ncnc(C)c3CC2)o1. The van der Waals surface area contributed by atoms with Crippen molar-refractivity contribution in [2.24, 2.45) is 0 Å². The van der Waals surface area contributed by atoms with Crippen LogP contribution >= 0.6 is 0 Å². The minimum Gasteiger partial charge on any atom is -0.465 e. The van der Waals surface area contributed by atoms with Crippen LogP contribution in [0.25, 0.3) is 0 Å². The molecule has 4 heteroatoms. The van der Waals surface area contributed by atoms with Crippen LogP contribution in [0, 0.1) is 6.92 Å². The monoisotopic (exact) mass is 271 g/mol. The number of hydrogen-bond acceptors (Lipinski definition) is 4. The minimum absolute atomic E-state index is 0.889. The van der Waals surface area contributed by atoms with Gasteiger partial charge in [0.2, 0.25) is 0 Å². The quantitative estimate of drug-likeness (QED) is 0.860. The van der Waals surface area contributed by atoms with Crippen LogP contribution in [0.3, 0.4) is 0 Å². The minimum atomic E-state index is 0.889. The van der Waals surface area contributed by atoms with Gasteiger partial charge in [0.15, 0.2) is 0 Å². The Balaban J connectivity index is 1.68. The van der Waals surface area contributed by atoms with E-state index >= 15 is 0 Å². The summed E-state index contributed by atoms with van der Waals surface area (Å²) in [6.45, 7) is 7.16. The van der Waals surface area contributed by atoms with Crippen molar-refractivity contribution in [1.29, 1.82) is 0 Å². The molecule has 0 atom stereocenters. The maximum atomic E-state index is 5.81. The van der Waals surface area contributed by atoms with E-state index in [4.69, 9.17) is 4.42 Å². The molecule has 1 aliphatic rings. The fourth-order valence-corrected chi connectivity index (χ4v) is 2.81. The molecule has 0 amide bonds. The Morgan fingerprint density at radius 2 is 1.95 bits per heavy atom. The van der Waals surface area contributed by atoms with E-state index in [1.54, 1.807) is 6.33 Å². The van der Waals surface area contributed by atoms with Crippen molar-refractivity contribution >= 4 is 0 Å². The molecule has 0 aliphatic carbocycles. The predicted molar refractivity (Wildman–Crippen MR) is 77.5 cm³/mol. The predicted octanol–water partition coefficient (Wildman–Crippen LogP) is 2.54. The summed E-state index contributed by atoms with van der Waals surface area (Å²) in [6.07, 6.45) is 4.67. The first-order chi connectivity index (χ1) is 9.76. The standard InChI is InChI=1S/C16H21N3O/c1-3-13-4-5-14(20-13)10-19-8-6-15-12(2)17-11-18-16(15)7-9-19/h4-5,11H,3,6-10H2,1-2H3. The Labute approximate surface area is 119 Å². The van der Waals surface area contributed by atoms with Crippen LogP contribution < -0.4 is 0 Å². The van der Waals surface area contributed by atoms with Gasteiger partial charge in [-0.1, -0.05) is 6.92 Å². The van der Waals surface area contributed by atoms with E-state index in [-0.39, 0.29) is 0 Å². The topological polar surface area (TPSA) is 42.2 Å². The van der Waals surface area contributed by atoms with E-state index in [2.05, 4.69) is 40.8 Å². The van der Waals surface area contributed by atoms with Crippen molar-refractivity contribution < 1.29 is 4.42 Å². The molecular weight excluding hydrogens is 250 g/mol. The maximum Gasteiger partial charge on any atom is 0.118 e. The fourth-order valence-electron chi connectivity index (χ4n) is 2.81. The second kappa shape index (κ2) is 5.75. The van der Waals surface area contributed by atoms with Crippen LogP contribution in [0.2, 0.25) is 0 Å². The van der Waals surface area contributed by atoms with Crippen LogP contribution in [-0.2, 0) is 25.8 Å². The van der Waals surface area contributed by atoms with Gasteiger partial charge in [-0.15, -0.1) is 0 Å². The highest BCUT2D eigenvalue weighted by Gasteiger charge is 2.17. The van der Waals surface area contributed by atoms with Crippen LogP contribution in [0.4, 0.5) is 0 Å². The van der Waals surface area contributed by atoms with Crippen molar-refractivity contribution in [3.8, 4) is 0 Å². The van der Waals surface area contributed by atoms with Gasteiger partial charge in [-0.3, -0.25) is 4.90 Å². The first-order valence-corrected chi connectivity index (χ1v) is 7.35. The molecule has 106 valence electrons. The number of rotatable bonds is 3. The molecule has 0 bridgehead atoms. The van der Waals surface area contributed by atoms with Crippen LogP contribution in [0.1, 0.15) is 35.4 Å². The Kier molecular flexibility index (Phi) is 3.83. The normalized spacial score (nSPS) is 15.9. The lowest BCUT2D eigenvalue weighted by Crippen LogP contribution is -2.25. The van der Waals surface area contributed by atoms with Gasteiger partial charge < -0.3 is 4.42 Å². The van der Waals surface area contributed by atoms with Gasteiger partial charge in [0, 0.05) is 37.3 Å². The van der Waals surface area contributed by atoms with Gasteiger partial charge in [-0.25, -0.2) is 9.97 Å². The molecule has 0 fully saturated rings. The average Bonchev–Trinajstić information content (AvgIpc) is 2.80. The highest BCUT2D eigenvalue weighted by Crippen LogP contribution is 2.18.